The maximum absolute atomic E-state index is 12.1. The molecule has 0 spiro atoms. The van der Waals surface area contributed by atoms with Gasteiger partial charge in [0.2, 0.25) is 5.96 Å². The second-order valence-corrected chi connectivity index (χ2v) is 6.23. The quantitative estimate of drug-likeness (QED) is 0.664. The molecule has 0 amide bonds. The molecule has 0 radical (unpaired) electrons. The summed E-state index contributed by atoms with van der Waals surface area (Å²) in [6.07, 6.45) is 0.367. The number of nitrogens with zero attached hydrogens (tertiary/aromatic N) is 4. The van der Waals surface area contributed by atoms with E-state index in [9.17, 15) is 4.79 Å². The minimum Gasteiger partial charge on any atom is -0.314 e. The topological polar surface area (TPSA) is 39.1 Å². The number of carbonyl (C=O) groups is 1. The highest BCUT2D eigenvalue weighted by atomic mass is 16.1. The van der Waals surface area contributed by atoms with Crippen molar-refractivity contribution in [1.82, 2.24) is 0 Å². The Morgan fingerprint density at radius 1 is 0.815 bits per heavy atom. The molecule has 3 aromatic rings. The molecule has 1 heterocycles. The number of anilines is 3. The van der Waals surface area contributed by atoms with E-state index < -0.39 is 6.17 Å². The minimum absolute atomic E-state index is 0.559. The average Bonchev–Trinajstić information content (AvgIpc) is 3.14. The molecule has 5 nitrogen and oxygen atoms in total. The highest BCUT2D eigenvalue weighted by molar-refractivity contribution is 6.11. The first-order chi connectivity index (χ1) is 13.3. The Hall–Kier alpha value is -3.60. The van der Waals surface area contributed by atoms with Gasteiger partial charge in [-0.15, -0.1) is 5.10 Å². The van der Waals surface area contributed by atoms with Gasteiger partial charge in [0.1, 0.15) is 0 Å². The predicted molar refractivity (Wildman–Crippen MR) is 110 cm³/mol. The van der Waals surface area contributed by atoms with Gasteiger partial charge in [-0.1, -0.05) is 54.6 Å². The number of hydrogen-bond acceptors (Lipinski definition) is 5. The summed E-state index contributed by atoms with van der Waals surface area (Å²) >= 11 is 0. The van der Waals surface area contributed by atoms with Crippen LogP contribution in [-0.4, -0.2) is 25.5 Å². The molecule has 0 fully saturated rings. The SMILES string of the molecule is CN(C1=NN(c2ccccc2)C(C=O)N1c1ccccc1)c1ccccc1. The molecule has 5 heteroatoms. The van der Waals surface area contributed by atoms with Gasteiger partial charge in [0, 0.05) is 18.4 Å². The van der Waals surface area contributed by atoms with Gasteiger partial charge in [0.05, 0.1) is 5.69 Å². The third kappa shape index (κ3) is 3.15. The highest BCUT2D eigenvalue weighted by Crippen LogP contribution is 2.30. The number of hydrazone groups is 1. The molecule has 0 aliphatic carbocycles. The van der Waals surface area contributed by atoms with Gasteiger partial charge < -0.3 is 4.90 Å². The van der Waals surface area contributed by atoms with Crippen molar-refractivity contribution in [1.29, 1.82) is 0 Å². The van der Waals surface area contributed by atoms with Crippen molar-refractivity contribution < 1.29 is 4.79 Å². The summed E-state index contributed by atoms with van der Waals surface area (Å²) in [6, 6.07) is 29.6. The van der Waals surface area contributed by atoms with Gasteiger partial charge in [-0.05, 0) is 36.4 Å². The molecular weight excluding hydrogens is 336 g/mol. The van der Waals surface area contributed by atoms with Gasteiger partial charge in [-0.3, -0.25) is 9.69 Å². The van der Waals surface area contributed by atoms with Crippen LogP contribution in [0.15, 0.2) is 96.1 Å². The fraction of sp³-hybridized carbons (Fsp3) is 0.0909. The van der Waals surface area contributed by atoms with Crippen molar-refractivity contribution in [3.8, 4) is 0 Å². The average molecular weight is 356 g/mol. The van der Waals surface area contributed by atoms with Crippen LogP contribution >= 0.6 is 0 Å². The van der Waals surface area contributed by atoms with Crippen LogP contribution in [0.25, 0.3) is 0 Å². The van der Waals surface area contributed by atoms with Crippen molar-refractivity contribution >= 4 is 29.3 Å². The van der Waals surface area contributed by atoms with Crippen LogP contribution < -0.4 is 14.8 Å². The molecule has 4 rings (SSSR count). The van der Waals surface area contributed by atoms with E-state index >= 15 is 0 Å². The minimum atomic E-state index is -0.559. The molecule has 3 aromatic carbocycles. The lowest BCUT2D eigenvalue weighted by Crippen LogP contribution is -2.48. The first-order valence-electron chi connectivity index (χ1n) is 8.81. The van der Waals surface area contributed by atoms with Gasteiger partial charge in [0.15, 0.2) is 12.5 Å². The molecular formula is C22H20N4O. The Balaban J connectivity index is 1.82. The van der Waals surface area contributed by atoms with E-state index in [1.165, 1.54) is 0 Å². The fourth-order valence-electron chi connectivity index (χ4n) is 3.19. The third-order valence-electron chi connectivity index (χ3n) is 4.55. The zero-order valence-electron chi connectivity index (χ0n) is 15.0. The Morgan fingerprint density at radius 2 is 1.33 bits per heavy atom. The van der Waals surface area contributed by atoms with E-state index in [1.807, 2.05) is 108 Å². The monoisotopic (exact) mass is 356 g/mol. The summed E-state index contributed by atoms with van der Waals surface area (Å²) in [4.78, 5) is 16.0. The Kier molecular flexibility index (Phi) is 4.58. The molecule has 0 N–H and O–H groups in total. The van der Waals surface area contributed by atoms with E-state index in [4.69, 9.17) is 5.10 Å². The van der Waals surface area contributed by atoms with E-state index in [2.05, 4.69) is 0 Å². The molecule has 1 aliphatic heterocycles. The van der Waals surface area contributed by atoms with Crippen LogP contribution in [0, 0.1) is 0 Å². The lowest BCUT2D eigenvalue weighted by molar-refractivity contribution is -0.108. The smallest absolute Gasteiger partial charge is 0.230 e. The second kappa shape index (κ2) is 7.33. The Morgan fingerprint density at radius 3 is 1.89 bits per heavy atom. The summed E-state index contributed by atoms with van der Waals surface area (Å²) in [5.74, 6) is 0.688. The predicted octanol–water partition coefficient (Wildman–Crippen LogP) is 3.95. The molecule has 27 heavy (non-hydrogen) atoms. The standard InChI is InChI=1S/C22H20N4O/c1-24(18-11-5-2-6-12-18)22-23-26(20-15-9-4-10-16-20)21(17-27)25(22)19-13-7-3-8-14-19/h2-17,21H,1H3. The highest BCUT2D eigenvalue weighted by Gasteiger charge is 2.38. The van der Waals surface area contributed by atoms with Gasteiger partial charge in [0.25, 0.3) is 0 Å². The van der Waals surface area contributed by atoms with Crippen LogP contribution in [0.5, 0.6) is 0 Å². The Bertz CT molecular complexity index is 928. The van der Waals surface area contributed by atoms with Crippen LogP contribution in [0.4, 0.5) is 17.1 Å². The number of aldehydes is 1. The lowest BCUT2D eigenvalue weighted by Gasteiger charge is -2.30. The van der Waals surface area contributed by atoms with Gasteiger partial charge in [-0.2, -0.15) is 0 Å². The molecule has 0 aromatic heterocycles. The van der Waals surface area contributed by atoms with E-state index in [0.29, 0.717) is 5.96 Å². The molecule has 0 bridgehead atoms. The van der Waals surface area contributed by atoms with Crippen molar-refractivity contribution in [2.24, 2.45) is 5.10 Å². The molecule has 1 aliphatic rings. The van der Waals surface area contributed by atoms with Crippen LogP contribution in [0.1, 0.15) is 0 Å². The molecule has 0 saturated carbocycles. The summed E-state index contributed by atoms with van der Waals surface area (Å²) in [6.45, 7) is 0. The fourth-order valence-corrected chi connectivity index (χ4v) is 3.19. The van der Waals surface area contributed by atoms with Gasteiger partial charge in [-0.25, -0.2) is 5.01 Å². The Labute approximate surface area is 158 Å². The third-order valence-corrected chi connectivity index (χ3v) is 4.55. The van der Waals surface area contributed by atoms with Crippen molar-refractivity contribution in [3.05, 3.63) is 91.0 Å². The number of para-hydroxylation sites is 3. The summed E-state index contributed by atoms with van der Waals surface area (Å²) in [5, 5.41) is 6.57. The normalized spacial score (nSPS) is 16.2. The van der Waals surface area contributed by atoms with Crippen molar-refractivity contribution in [3.63, 3.8) is 0 Å². The van der Waals surface area contributed by atoms with E-state index in [0.717, 1.165) is 23.3 Å². The van der Waals surface area contributed by atoms with Crippen molar-refractivity contribution in [2.45, 2.75) is 6.17 Å². The van der Waals surface area contributed by atoms with Crippen LogP contribution in [0.3, 0.4) is 0 Å². The summed E-state index contributed by atoms with van der Waals surface area (Å²) in [7, 11) is 1.96. The van der Waals surface area contributed by atoms with E-state index in [1.54, 1.807) is 5.01 Å². The number of guanidine groups is 1. The number of benzene rings is 3. The van der Waals surface area contributed by atoms with Crippen molar-refractivity contribution in [2.75, 3.05) is 21.9 Å². The molecule has 134 valence electrons. The van der Waals surface area contributed by atoms with Gasteiger partial charge >= 0.3 is 0 Å². The molecule has 1 atom stereocenters. The van der Waals surface area contributed by atoms with Crippen LogP contribution in [0.2, 0.25) is 0 Å². The zero-order valence-corrected chi connectivity index (χ0v) is 15.0. The summed E-state index contributed by atoms with van der Waals surface area (Å²) in [5.41, 5.74) is 2.78. The largest absolute Gasteiger partial charge is 0.314 e. The second-order valence-electron chi connectivity index (χ2n) is 6.23. The summed E-state index contributed by atoms with van der Waals surface area (Å²) < 4.78 is 0. The number of carbonyl (C=O) groups excluding carboxylic acids is 1. The zero-order chi connectivity index (χ0) is 18.6. The first kappa shape index (κ1) is 16.8. The lowest BCUT2D eigenvalue weighted by atomic mass is 10.2. The molecule has 0 saturated heterocycles. The van der Waals surface area contributed by atoms with E-state index in [-0.39, 0.29) is 0 Å². The maximum Gasteiger partial charge on any atom is 0.230 e. The maximum atomic E-state index is 12.1. The first-order valence-corrected chi connectivity index (χ1v) is 8.81. The number of rotatable bonds is 4. The van der Waals surface area contributed by atoms with Crippen LogP contribution in [-0.2, 0) is 4.79 Å². The molecule has 1 unspecified atom stereocenters. The number of hydrogen-bond donors (Lipinski definition) is 0.